The number of aromatic nitrogens is 2. The molecule has 28 nitrogen and oxygen atoms in total. The van der Waals surface area contributed by atoms with Crippen LogP contribution in [0, 0.1) is 41.4 Å². The number of rotatable bonds is 17. The van der Waals surface area contributed by atoms with Crippen molar-refractivity contribution in [3.63, 3.8) is 0 Å². The van der Waals surface area contributed by atoms with Crippen molar-refractivity contribution in [1.29, 1.82) is 0 Å². The second kappa shape index (κ2) is 36.1. The molecule has 1 aliphatic heterocycles. The van der Waals surface area contributed by atoms with Crippen LogP contribution in [0.5, 0.6) is 0 Å². The molecule has 1 fully saturated rings. The van der Waals surface area contributed by atoms with Gasteiger partial charge in [0.1, 0.15) is 66.2 Å². The molecule has 2 aromatic rings. The Morgan fingerprint density at radius 1 is 0.545 bits per heavy atom. The molecule has 1 aromatic carbocycles. The fourth-order valence-corrected chi connectivity index (χ4v) is 12.6. The SMILES string of the molecule is CC[C@@H]1NC(=O)[C@H]([C@H](O)[C@H](C)Cc2nc3cc(NS(=O)(=O)C(F)(F)F)ccc3[nH]2)N(C)C(=O)[C@H](C(C)C)N(C)C(=O)[C@H](CC(C)C)N(C)C(=O)[C@H](CC(C)C)N(C)C(=O)[C@@H](C)NC(=O)[C@H](C)NC(=O)[C@H](CC(C)C)N(C)C(=O)[C@H](C(C)C)NC(=O)[C@H](CC(C)C)N(C)C(=O)CN(C)C1=O. The average Bonchev–Trinajstić information content (AvgIpc) is 1.28. The van der Waals surface area contributed by atoms with Gasteiger partial charge in [0.05, 0.1) is 29.4 Å². The Bertz CT molecular complexity index is 3310. The summed E-state index contributed by atoms with van der Waals surface area (Å²) in [6.07, 6.45) is -1.84. The summed E-state index contributed by atoms with van der Waals surface area (Å²) >= 11 is 0. The molecule has 0 bridgehead atoms. The van der Waals surface area contributed by atoms with Gasteiger partial charge in [0.25, 0.3) is 0 Å². The fourth-order valence-electron chi connectivity index (χ4n) is 12.0. The molecular weight excluding hydrogens is 1310 g/mol. The summed E-state index contributed by atoms with van der Waals surface area (Å²) in [6, 6.07) is -10.1. The third kappa shape index (κ3) is 22.4. The van der Waals surface area contributed by atoms with Crippen LogP contribution in [0.1, 0.15) is 149 Å². The van der Waals surface area contributed by atoms with Crippen molar-refractivity contribution in [3.05, 3.63) is 24.0 Å². The lowest BCUT2D eigenvalue weighted by Crippen LogP contribution is -2.63. The molecule has 0 spiro atoms. The fraction of sp³-hybridized carbons (Fsp3) is 0.731. The Labute approximate surface area is 581 Å². The zero-order valence-corrected chi connectivity index (χ0v) is 62.8. The molecule has 1 saturated heterocycles. The molecule has 11 amide bonds. The second-order valence-electron chi connectivity index (χ2n) is 29.0. The largest absolute Gasteiger partial charge is 0.516 e. The molecule has 0 unspecified atom stereocenters. The molecule has 2 heterocycles. The van der Waals surface area contributed by atoms with Gasteiger partial charge >= 0.3 is 15.5 Å². The normalized spacial score (nSPS) is 25.1. The van der Waals surface area contributed by atoms with Gasteiger partial charge in [-0.1, -0.05) is 96.9 Å². The number of amides is 11. The second-order valence-corrected chi connectivity index (χ2v) is 30.6. The van der Waals surface area contributed by atoms with E-state index in [1.165, 1.54) is 95.6 Å². The summed E-state index contributed by atoms with van der Waals surface area (Å²) in [5.74, 6) is -11.6. The van der Waals surface area contributed by atoms with Crippen molar-refractivity contribution in [2.24, 2.45) is 41.4 Å². The van der Waals surface area contributed by atoms with Crippen LogP contribution >= 0.6 is 0 Å². The Morgan fingerprint density at radius 2 is 1.00 bits per heavy atom. The Balaban J connectivity index is 2.34. The topological polar surface area (TPSA) is 354 Å². The van der Waals surface area contributed by atoms with Gasteiger partial charge in [0.2, 0.25) is 65.0 Å². The molecule has 1 aliphatic rings. The summed E-state index contributed by atoms with van der Waals surface area (Å²) in [6.45, 7) is 26.4. The van der Waals surface area contributed by atoms with Crippen LogP contribution in [0.2, 0.25) is 0 Å². The van der Waals surface area contributed by atoms with Crippen LogP contribution in [0.25, 0.3) is 11.0 Å². The van der Waals surface area contributed by atoms with Crippen LogP contribution in [0.15, 0.2) is 18.2 Å². The molecular formula is C67H111F3N14O14S. The smallest absolute Gasteiger partial charge is 0.390 e. The number of likely N-dealkylation sites (N-methyl/N-ethyl adjacent to an activating group) is 7. The van der Waals surface area contributed by atoms with E-state index in [1.807, 2.05) is 55.4 Å². The number of benzene rings is 1. The van der Waals surface area contributed by atoms with Crippen molar-refractivity contribution < 1.29 is 79.4 Å². The lowest BCUT2D eigenvalue weighted by atomic mass is 9.91. The molecule has 0 radical (unpaired) electrons. The Morgan fingerprint density at radius 3 is 1.48 bits per heavy atom. The average molecular weight is 1430 g/mol. The number of hydrogen-bond donors (Lipinski definition) is 7. The van der Waals surface area contributed by atoms with E-state index in [9.17, 15) is 60.3 Å². The maximum Gasteiger partial charge on any atom is 0.516 e. The Hall–Kier alpha value is -7.64. The van der Waals surface area contributed by atoms with E-state index < -0.39 is 177 Å². The molecule has 0 saturated carbocycles. The van der Waals surface area contributed by atoms with Crippen molar-refractivity contribution in [3.8, 4) is 0 Å². The first kappa shape index (κ1) is 85.6. The highest BCUT2D eigenvalue weighted by Crippen LogP contribution is 2.29. The van der Waals surface area contributed by atoms with Gasteiger partial charge in [-0.25, -0.2) is 4.98 Å². The molecule has 7 N–H and O–H groups in total. The first-order valence-electron chi connectivity index (χ1n) is 33.8. The van der Waals surface area contributed by atoms with Crippen molar-refractivity contribution in [1.82, 2.24) is 65.5 Å². The van der Waals surface area contributed by atoms with E-state index in [1.54, 1.807) is 34.6 Å². The number of nitrogens with one attached hydrogen (secondary N) is 6. The highest BCUT2D eigenvalue weighted by atomic mass is 32.2. The number of carbonyl (C=O) groups excluding carboxylic acids is 11. The number of aliphatic hydroxyl groups excluding tert-OH is 1. The molecule has 99 heavy (non-hydrogen) atoms. The molecule has 32 heteroatoms. The lowest BCUT2D eigenvalue weighted by Gasteiger charge is -2.41. The maximum absolute atomic E-state index is 15.5. The number of sulfonamides is 1. The van der Waals surface area contributed by atoms with Gasteiger partial charge in [-0.15, -0.1) is 0 Å². The van der Waals surface area contributed by atoms with Crippen molar-refractivity contribution >= 4 is 91.7 Å². The first-order chi connectivity index (χ1) is 45.5. The van der Waals surface area contributed by atoms with E-state index in [0.717, 1.165) is 31.7 Å². The van der Waals surface area contributed by atoms with E-state index in [0.29, 0.717) is 0 Å². The Kier molecular flexibility index (Phi) is 31.2. The highest BCUT2D eigenvalue weighted by Gasteiger charge is 2.48. The molecule has 0 aliphatic carbocycles. The number of halogens is 3. The zero-order chi connectivity index (χ0) is 76.1. The highest BCUT2D eigenvalue weighted by molar-refractivity contribution is 7.93. The lowest BCUT2D eigenvalue weighted by molar-refractivity contribution is -0.157. The third-order valence-corrected chi connectivity index (χ3v) is 19.1. The number of fused-ring (bicyclic) bond motifs is 1. The number of imidazole rings is 1. The van der Waals surface area contributed by atoms with Crippen molar-refractivity contribution in [2.45, 2.75) is 221 Å². The molecule has 1 aromatic heterocycles. The number of hydrogen-bond acceptors (Lipinski definition) is 15. The summed E-state index contributed by atoms with van der Waals surface area (Å²) < 4.78 is 65.3. The number of anilines is 1. The van der Waals surface area contributed by atoms with Crippen molar-refractivity contribution in [2.75, 3.05) is 60.6 Å². The summed E-state index contributed by atoms with van der Waals surface area (Å²) in [4.78, 5) is 177. The number of nitrogens with zero attached hydrogens (tertiary/aromatic N) is 8. The van der Waals surface area contributed by atoms with E-state index in [-0.39, 0.29) is 79.1 Å². The standard InChI is InChI=1S/C67H111F3N14O14S/c1-24-44-62(92)78(17)33-52(85)79(18)47(27-34(2)3)59(89)76-53(38(10)11)65(95)80(19)48(28-35(4)5)58(88)71-41(15)57(87)72-42(16)61(91)81(20)49(29-36(6)7)63(93)82(21)50(30-37(8)9)64(94)83(22)54(39(12)13)66(96)84(23)55(60(90)75-44)56(86)40(14)31-51-73-45-26-25-43(32-46(45)74-51)77-99(97,98)67(68,69)70/h25-26,32,34-42,44,47-50,53-56,77,86H,24,27-31,33H2,1-23H3,(H,71,88)(H,72,87)(H,73,74)(H,75,90)(H,76,89)/t40-,41+,42-,44+,47+,48+,49+,50+,53+,54+,55+,56-/m1/s1. The van der Waals surface area contributed by atoms with Crippen LogP contribution < -0.4 is 26.0 Å². The van der Waals surface area contributed by atoms with Crippen LogP contribution in [0.4, 0.5) is 18.9 Å². The minimum Gasteiger partial charge on any atom is -0.390 e. The zero-order valence-electron chi connectivity index (χ0n) is 61.9. The molecule has 560 valence electrons. The predicted octanol–water partition coefficient (Wildman–Crippen LogP) is 3.68. The van der Waals surface area contributed by atoms with Crippen LogP contribution in [-0.4, -0.2) is 251 Å². The minimum atomic E-state index is -5.81. The number of aromatic amines is 1. The number of H-pyrrole nitrogens is 1. The monoisotopic (exact) mass is 1420 g/mol. The van der Waals surface area contributed by atoms with E-state index >= 15 is 19.2 Å². The van der Waals surface area contributed by atoms with Crippen LogP contribution in [0.3, 0.4) is 0 Å². The van der Waals surface area contributed by atoms with E-state index in [2.05, 4.69) is 31.2 Å². The predicted molar refractivity (Wildman–Crippen MR) is 367 cm³/mol. The van der Waals surface area contributed by atoms with Gasteiger partial charge in [-0.2, -0.15) is 21.6 Å². The maximum atomic E-state index is 15.5. The van der Waals surface area contributed by atoms with Gasteiger partial charge in [0.15, 0.2) is 0 Å². The summed E-state index contributed by atoms with van der Waals surface area (Å²) in [7, 11) is 3.60. The number of alkyl halides is 3. The van der Waals surface area contributed by atoms with Gasteiger partial charge in [0, 0.05) is 55.8 Å². The number of carbonyl (C=O) groups is 11. The van der Waals surface area contributed by atoms with Gasteiger partial charge < -0.3 is 65.7 Å². The van der Waals surface area contributed by atoms with Crippen LogP contribution in [-0.2, 0) is 69.2 Å². The first-order valence-corrected chi connectivity index (χ1v) is 35.3. The minimum absolute atomic E-state index is 0.0160. The molecule has 12 atom stereocenters. The summed E-state index contributed by atoms with van der Waals surface area (Å²) in [5, 5.41) is 23.4. The van der Waals surface area contributed by atoms with Gasteiger partial charge in [-0.3, -0.25) is 57.5 Å². The summed E-state index contributed by atoms with van der Waals surface area (Å²) in [5.41, 5.74) is -5.83. The quantitative estimate of drug-likeness (QED) is 0.119. The molecule has 3 rings (SSSR count). The third-order valence-electron chi connectivity index (χ3n) is 17.9. The van der Waals surface area contributed by atoms with Gasteiger partial charge in [-0.05, 0) is 106 Å². The number of aliphatic hydroxyl groups is 1. The van der Waals surface area contributed by atoms with E-state index in [4.69, 9.17) is 0 Å².